The maximum absolute atomic E-state index is 12.9. The number of hydrogen-bond acceptors (Lipinski definition) is 6. The van der Waals surface area contributed by atoms with Crippen molar-refractivity contribution in [2.24, 2.45) is 0 Å². The van der Waals surface area contributed by atoms with E-state index >= 15 is 0 Å². The average molecular weight is 417 g/mol. The fourth-order valence-corrected chi connectivity index (χ4v) is 5.17. The van der Waals surface area contributed by atoms with Crippen LogP contribution in [0.3, 0.4) is 0 Å². The van der Waals surface area contributed by atoms with Crippen molar-refractivity contribution in [1.82, 2.24) is 9.97 Å². The monoisotopic (exact) mass is 416 g/mol. The molecule has 5 rings (SSSR count). The zero-order valence-corrected chi connectivity index (χ0v) is 17.1. The van der Waals surface area contributed by atoms with Gasteiger partial charge in [-0.05, 0) is 18.6 Å². The third-order valence-corrected chi connectivity index (χ3v) is 6.69. The van der Waals surface area contributed by atoms with E-state index < -0.39 is 0 Å². The molecule has 0 radical (unpaired) electrons. The maximum Gasteiger partial charge on any atom is 0.269 e. The second-order valence-electron chi connectivity index (χ2n) is 6.64. The van der Waals surface area contributed by atoms with Gasteiger partial charge >= 0.3 is 0 Å². The van der Waals surface area contributed by atoms with Gasteiger partial charge in [-0.15, -0.1) is 22.7 Å². The summed E-state index contributed by atoms with van der Waals surface area (Å²) in [5.41, 5.74) is 10.6. The third-order valence-electron chi connectivity index (χ3n) is 4.83. The molecule has 3 aromatic heterocycles. The molecule has 3 N–H and O–H groups in total. The van der Waals surface area contributed by atoms with Gasteiger partial charge in [-0.1, -0.05) is 48.5 Å². The van der Waals surface area contributed by atoms with E-state index in [9.17, 15) is 4.79 Å². The molecule has 0 unspecified atom stereocenters. The normalized spacial score (nSPS) is 11.2. The molecular formula is C22H16N4OS2. The summed E-state index contributed by atoms with van der Waals surface area (Å²) in [5.74, 6) is -0.261. The molecule has 0 saturated heterocycles. The first kappa shape index (κ1) is 17.8. The van der Waals surface area contributed by atoms with E-state index in [-0.39, 0.29) is 5.91 Å². The molecule has 142 valence electrons. The van der Waals surface area contributed by atoms with Gasteiger partial charge in [0.05, 0.1) is 16.9 Å². The molecule has 3 heterocycles. The van der Waals surface area contributed by atoms with Gasteiger partial charge in [0.25, 0.3) is 5.91 Å². The van der Waals surface area contributed by atoms with E-state index in [2.05, 4.69) is 10.3 Å². The number of aromatic nitrogens is 2. The molecule has 2 aromatic carbocycles. The minimum absolute atomic E-state index is 0.261. The molecule has 0 bridgehead atoms. The van der Waals surface area contributed by atoms with Crippen LogP contribution in [0.15, 0.2) is 60.0 Å². The number of nitrogens with two attached hydrogens (primary N) is 1. The summed E-state index contributed by atoms with van der Waals surface area (Å²) in [6, 6.07) is 17.8. The number of thiazole rings is 1. The summed E-state index contributed by atoms with van der Waals surface area (Å²) in [6.07, 6.45) is 0. The Morgan fingerprint density at radius 3 is 2.62 bits per heavy atom. The fraction of sp³-hybridized carbons (Fsp3) is 0.0455. The number of carbonyl (C=O) groups is 1. The number of hydrogen-bond donors (Lipinski definition) is 2. The highest BCUT2D eigenvalue weighted by Gasteiger charge is 2.21. The highest BCUT2D eigenvalue weighted by atomic mass is 32.1. The third kappa shape index (κ3) is 3.04. The van der Waals surface area contributed by atoms with Crippen molar-refractivity contribution in [1.29, 1.82) is 0 Å². The number of benzene rings is 2. The van der Waals surface area contributed by atoms with Gasteiger partial charge < -0.3 is 5.73 Å². The molecular weight excluding hydrogens is 400 g/mol. The first-order chi connectivity index (χ1) is 14.1. The molecule has 7 heteroatoms. The lowest BCUT2D eigenvalue weighted by Gasteiger charge is -2.04. The lowest BCUT2D eigenvalue weighted by molar-refractivity contribution is 0.103. The largest absolute Gasteiger partial charge is 0.397 e. The number of thiophene rings is 1. The van der Waals surface area contributed by atoms with E-state index in [1.807, 2.05) is 66.9 Å². The zero-order valence-electron chi connectivity index (χ0n) is 15.5. The lowest BCUT2D eigenvalue weighted by Crippen LogP contribution is -2.11. The number of nitrogen functional groups attached to an aromatic ring is 1. The first-order valence-electron chi connectivity index (χ1n) is 9.01. The van der Waals surface area contributed by atoms with Crippen molar-refractivity contribution in [2.45, 2.75) is 6.92 Å². The van der Waals surface area contributed by atoms with Crippen LogP contribution < -0.4 is 11.1 Å². The summed E-state index contributed by atoms with van der Waals surface area (Å²) in [7, 11) is 0. The van der Waals surface area contributed by atoms with Gasteiger partial charge in [0.1, 0.15) is 9.71 Å². The van der Waals surface area contributed by atoms with Gasteiger partial charge in [-0.3, -0.25) is 10.1 Å². The van der Waals surface area contributed by atoms with Crippen molar-refractivity contribution >= 4 is 60.5 Å². The van der Waals surface area contributed by atoms with Crippen molar-refractivity contribution in [3.63, 3.8) is 0 Å². The molecule has 29 heavy (non-hydrogen) atoms. The Kier molecular flexibility index (Phi) is 4.26. The fourth-order valence-electron chi connectivity index (χ4n) is 3.40. The number of fused-ring (bicyclic) bond motifs is 2. The highest BCUT2D eigenvalue weighted by Crippen LogP contribution is 2.38. The minimum Gasteiger partial charge on any atom is -0.397 e. The Hall–Kier alpha value is -3.29. The van der Waals surface area contributed by atoms with Crippen LogP contribution in [0.2, 0.25) is 0 Å². The van der Waals surface area contributed by atoms with Gasteiger partial charge in [-0.2, -0.15) is 0 Å². The number of nitrogens with one attached hydrogen (secondary N) is 1. The molecule has 0 fully saturated rings. The molecule has 5 aromatic rings. The van der Waals surface area contributed by atoms with Crippen LogP contribution >= 0.6 is 22.7 Å². The van der Waals surface area contributed by atoms with Gasteiger partial charge in [0, 0.05) is 21.7 Å². The quantitative estimate of drug-likeness (QED) is 0.394. The second-order valence-corrected chi connectivity index (χ2v) is 8.49. The molecule has 0 aliphatic rings. The Balaban J connectivity index is 1.50. The number of amides is 1. The molecule has 0 aliphatic carbocycles. The molecule has 1 amide bonds. The number of rotatable bonds is 3. The molecule has 0 spiro atoms. The SMILES string of the molecule is Cc1c2ccccc2nc2sc(C(=O)Nc3nc(-c4ccccc4)cs3)c(N)c12. The maximum atomic E-state index is 12.9. The summed E-state index contributed by atoms with van der Waals surface area (Å²) in [6.45, 7) is 2.02. The van der Waals surface area contributed by atoms with E-state index in [1.54, 1.807) is 0 Å². The van der Waals surface area contributed by atoms with Crippen LogP contribution in [-0.4, -0.2) is 15.9 Å². The predicted molar refractivity (Wildman–Crippen MR) is 122 cm³/mol. The Morgan fingerprint density at radius 2 is 1.79 bits per heavy atom. The van der Waals surface area contributed by atoms with Crippen LogP contribution in [0, 0.1) is 6.92 Å². The van der Waals surface area contributed by atoms with E-state index in [1.165, 1.54) is 22.7 Å². The van der Waals surface area contributed by atoms with Gasteiger partial charge in [-0.25, -0.2) is 9.97 Å². The number of pyridine rings is 1. The summed E-state index contributed by atoms with van der Waals surface area (Å²) in [4.78, 5) is 23.4. The van der Waals surface area contributed by atoms with E-state index in [0.717, 1.165) is 37.9 Å². The van der Waals surface area contributed by atoms with Crippen molar-refractivity contribution in [2.75, 3.05) is 11.1 Å². The molecule has 0 saturated carbocycles. The topological polar surface area (TPSA) is 80.9 Å². The number of aryl methyl sites for hydroxylation is 1. The summed E-state index contributed by atoms with van der Waals surface area (Å²) < 4.78 is 0. The Labute approximate surface area is 174 Å². The average Bonchev–Trinajstić information content (AvgIpc) is 3.33. The zero-order chi connectivity index (χ0) is 20.0. The first-order valence-corrected chi connectivity index (χ1v) is 10.7. The summed E-state index contributed by atoms with van der Waals surface area (Å²) >= 11 is 2.70. The van der Waals surface area contributed by atoms with E-state index in [4.69, 9.17) is 10.7 Å². The van der Waals surface area contributed by atoms with Crippen molar-refractivity contribution in [3.05, 3.63) is 70.4 Å². The summed E-state index contributed by atoms with van der Waals surface area (Å²) in [5, 5.41) is 7.25. The van der Waals surface area contributed by atoms with Crippen molar-refractivity contribution in [3.8, 4) is 11.3 Å². The molecule has 0 atom stereocenters. The lowest BCUT2D eigenvalue weighted by atomic mass is 10.1. The van der Waals surface area contributed by atoms with Gasteiger partial charge in [0.15, 0.2) is 5.13 Å². The van der Waals surface area contributed by atoms with Gasteiger partial charge in [0.2, 0.25) is 0 Å². The number of anilines is 2. The van der Waals surface area contributed by atoms with Crippen LogP contribution in [0.4, 0.5) is 10.8 Å². The Morgan fingerprint density at radius 1 is 1.03 bits per heavy atom. The number of nitrogens with zero attached hydrogens (tertiary/aromatic N) is 2. The standard InChI is InChI=1S/C22H16N4OS2/c1-12-14-9-5-6-10-15(14)24-21-17(12)18(23)19(29-21)20(27)26-22-25-16(11-28-22)13-7-3-2-4-8-13/h2-11H,23H2,1H3,(H,25,26,27). The van der Waals surface area contributed by atoms with Crippen LogP contribution in [-0.2, 0) is 0 Å². The van der Waals surface area contributed by atoms with Crippen LogP contribution in [0.25, 0.3) is 32.4 Å². The minimum atomic E-state index is -0.261. The second kappa shape index (κ2) is 6.95. The van der Waals surface area contributed by atoms with Crippen LogP contribution in [0.5, 0.6) is 0 Å². The highest BCUT2D eigenvalue weighted by molar-refractivity contribution is 7.21. The molecule has 5 nitrogen and oxygen atoms in total. The Bertz CT molecular complexity index is 1370. The number of para-hydroxylation sites is 1. The van der Waals surface area contributed by atoms with Crippen molar-refractivity contribution < 1.29 is 4.79 Å². The smallest absolute Gasteiger partial charge is 0.269 e. The number of carbonyl (C=O) groups excluding carboxylic acids is 1. The predicted octanol–water partition coefficient (Wildman–Crippen LogP) is 5.72. The van der Waals surface area contributed by atoms with Crippen LogP contribution in [0.1, 0.15) is 15.2 Å². The van der Waals surface area contributed by atoms with E-state index in [0.29, 0.717) is 15.7 Å². The molecule has 0 aliphatic heterocycles.